The van der Waals surface area contributed by atoms with Gasteiger partial charge in [0.15, 0.2) is 0 Å². The molecule has 1 aromatic heterocycles. The van der Waals surface area contributed by atoms with Gasteiger partial charge in [0, 0.05) is 17.8 Å². The zero-order valence-corrected chi connectivity index (χ0v) is 15.3. The van der Waals surface area contributed by atoms with E-state index in [0.29, 0.717) is 35.2 Å². The molecule has 28 heavy (non-hydrogen) atoms. The third-order valence-electron chi connectivity index (χ3n) is 4.51. The summed E-state index contributed by atoms with van der Waals surface area (Å²) in [4.78, 5) is 4.08. The van der Waals surface area contributed by atoms with Crippen LogP contribution in [-0.2, 0) is 12.6 Å². The average Bonchev–Trinajstić information content (AvgIpc) is 2.69. The molecule has 0 N–H and O–H groups in total. The van der Waals surface area contributed by atoms with Crippen molar-refractivity contribution in [3.8, 4) is 17.4 Å². The molecule has 1 aliphatic rings. The number of benzene rings is 2. The summed E-state index contributed by atoms with van der Waals surface area (Å²) in [7, 11) is 0. The normalized spacial score (nSPS) is 16.2. The molecule has 1 aliphatic heterocycles. The predicted octanol–water partition coefficient (Wildman–Crippen LogP) is 6.61. The minimum Gasteiger partial charge on any atom is -0.485 e. The highest BCUT2D eigenvalue weighted by Gasteiger charge is 2.36. The maximum Gasteiger partial charge on any atom is 0.416 e. The van der Waals surface area contributed by atoms with Crippen LogP contribution in [0.2, 0.25) is 5.02 Å². The van der Waals surface area contributed by atoms with Crippen molar-refractivity contribution in [3.63, 3.8) is 0 Å². The number of aryl methyl sites for hydroxylation is 1. The van der Waals surface area contributed by atoms with Gasteiger partial charge in [-0.25, -0.2) is 4.98 Å². The third-order valence-corrected chi connectivity index (χ3v) is 4.74. The van der Waals surface area contributed by atoms with E-state index in [1.807, 2.05) is 6.07 Å². The van der Waals surface area contributed by atoms with E-state index in [1.165, 1.54) is 18.3 Å². The van der Waals surface area contributed by atoms with E-state index in [9.17, 15) is 13.2 Å². The maximum absolute atomic E-state index is 13.3. The molecule has 0 radical (unpaired) electrons. The van der Waals surface area contributed by atoms with E-state index in [0.717, 1.165) is 11.6 Å². The van der Waals surface area contributed by atoms with Crippen molar-refractivity contribution >= 4 is 11.6 Å². The number of fused-ring (bicyclic) bond motifs is 1. The molecular weight excluding hydrogens is 391 g/mol. The quantitative estimate of drug-likeness (QED) is 0.491. The molecule has 0 saturated carbocycles. The molecular formula is C21H15ClF3NO2. The van der Waals surface area contributed by atoms with Crippen molar-refractivity contribution in [3.05, 3.63) is 82.5 Å². The first-order valence-electron chi connectivity index (χ1n) is 8.65. The molecule has 1 unspecified atom stereocenters. The number of alkyl halides is 3. The van der Waals surface area contributed by atoms with Gasteiger partial charge in [-0.1, -0.05) is 29.8 Å². The fourth-order valence-electron chi connectivity index (χ4n) is 3.23. The molecule has 7 heteroatoms. The van der Waals surface area contributed by atoms with Crippen LogP contribution in [0, 0.1) is 0 Å². The van der Waals surface area contributed by atoms with Gasteiger partial charge in [-0.2, -0.15) is 13.2 Å². The molecule has 0 spiro atoms. The van der Waals surface area contributed by atoms with Crippen LogP contribution in [0.15, 0.2) is 60.8 Å². The van der Waals surface area contributed by atoms with Crippen molar-refractivity contribution < 1.29 is 22.6 Å². The van der Waals surface area contributed by atoms with Gasteiger partial charge in [0.25, 0.3) is 0 Å². The first-order chi connectivity index (χ1) is 13.4. The van der Waals surface area contributed by atoms with Crippen LogP contribution in [0.1, 0.15) is 29.2 Å². The lowest BCUT2D eigenvalue weighted by molar-refractivity contribution is -0.139. The van der Waals surface area contributed by atoms with E-state index in [2.05, 4.69) is 4.98 Å². The Morgan fingerprint density at radius 2 is 1.89 bits per heavy atom. The van der Waals surface area contributed by atoms with Gasteiger partial charge >= 0.3 is 6.18 Å². The first kappa shape index (κ1) is 18.6. The lowest BCUT2D eigenvalue weighted by Gasteiger charge is -2.28. The van der Waals surface area contributed by atoms with Crippen molar-refractivity contribution in [2.24, 2.45) is 0 Å². The Bertz CT molecular complexity index is 990. The first-order valence-corrected chi connectivity index (χ1v) is 9.03. The van der Waals surface area contributed by atoms with Gasteiger partial charge in [-0.05, 0) is 48.7 Å². The minimum absolute atomic E-state index is 0.159. The Morgan fingerprint density at radius 3 is 2.64 bits per heavy atom. The molecule has 2 aromatic carbocycles. The van der Waals surface area contributed by atoms with Crippen molar-refractivity contribution in [2.75, 3.05) is 0 Å². The molecule has 144 valence electrons. The van der Waals surface area contributed by atoms with E-state index in [-0.39, 0.29) is 5.56 Å². The van der Waals surface area contributed by atoms with E-state index >= 15 is 0 Å². The number of hydrogen-bond donors (Lipinski definition) is 0. The fraction of sp³-hybridized carbons (Fsp3) is 0.190. The summed E-state index contributed by atoms with van der Waals surface area (Å²) in [5, 5.41) is 0.511. The molecule has 0 saturated heterocycles. The monoisotopic (exact) mass is 405 g/mol. The molecule has 0 bridgehead atoms. The molecule has 2 heterocycles. The Hall–Kier alpha value is -2.73. The highest BCUT2D eigenvalue weighted by Crippen LogP contribution is 2.41. The second-order valence-corrected chi connectivity index (χ2v) is 6.85. The Balaban J connectivity index is 1.55. The Kier molecular flexibility index (Phi) is 4.89. The van der Waals surface area contributed by atoms with Gasteiger partial charge in [-0.3, -0.25) is 0 Å². The van der Waals surface area contributed by atoms with Crippen LogP contribution in [0.4, 0.5) is 13.2 Å². The highest BCUT2D eigenvalue weighted by atomic mass is 35.5. The van der Waals surface area contributed by atoms with Crippen LogP contribution in [0.3, 0.4) is 0 Å². The summed E-state index contributed by atoms with van der Waals surface area (Å²) >= 11 is 5.81. The molecule has 4 rings (SSSR count). The lowest BCUT2D eigenvalue weighted by Crippen LogP contribution is -2.19. The summed E-state index contributed by atoms with van der Waals surface area (Å²) in [6.45, 7) is 0. The van der Waals surface area contributed by atoms with Crippen LogP contribution >= 0.6 is 11.6 Å². The SMILES string of the molecule is FC(F)(F)c1ccccc1C1CCc2cc(Oc3ccc(Cl)cn3)ccc2O1. The number of halogens is 4. The van der Waals surface area contributed by atoms with Crippen LogP contribution < -0.4 is 9.47 Å². The largest absolute Gasteiger partial charge is 0.485 e. The molecule has 3 nitrogen and oxygen atoms in total. The maximum atomic E-state index is 13.3. The van der Waals surface area contributed by atoms with E-state index in [4.69, 9.17) is 21.1 Å². The molecule has 0 aliphatic carbocycles. The summed E-state index contributed by atoms with van der Waals surface area (Å²) in [6.07, 6.45) is -2.54. The van der Waals surface area contributed by atoms with E-state index < -0.39 is 17.8 Å². The number of ether oxygens (including phenoxy) is 2. The second-order valence-electron chi connectivity index (χ2n) is 6.42. The molecule has 0 amide bonds. The standard InChI is InChI=1S/C21H15ClF3NO2/c22-14-6-10-20(26-12-14)27-15-7-9-18-13(11-15)5-8-19(28-18)16-3-1-2-4-17(16)21(23,24)25/h1-4,6-7,9-12,19H,5,8H2. The fourth-order valence-corrected chi connectivity index (χ4v) is 3.34. The second kappa shape index (κ2) is 7.36. The summed E-state index contributed by atoms with van der Waals surface area (Å²) < 4.78 is 51.5. The third kappa shape index (κ3) is 3.92. The molecule has 0 fully saturated rings. The average molecular weight is 406 g/mol. The summed E-state index contributed by atoms with van der Waals surface area (Å²) in [6, 6.07) is 14.1. The molecule has 3 aromatic rings. The number of hydrogen-bond acceptors (Lipinski definition) is 3. The van der Waals surface area contributed by atoms with Gasteiger partial charge in [0.05, 0.1) is 10.6 Å². The number of aromatic nitrogens is 1. The Labute approximate surface area is 164 Å². The van der Waals surface area contributed by atoms with Gasteiger partial charge in [-0.15, -0.1) is 0 Å². The molecule has 1 atom stereocenters. The van der Waals surface area contributed by atoms with E-state index in [1.54, 1.807) is 30.3 Å². The summed E-state index contributed by atoms with van der Waals surface area (Å²) in [5.41, 5.74) is 0.385. The highest BCUT2D eigenvalue weighted by molar-refractivity contribution is 6.30. The zero-order valence-electron chi connectivity index (χ0n) is 14.5. The van der Waals surface area contributed by atoms with Crippen LogP contribution in [-0.4, -0.2) is 4.98 Å². The van der Waals surface area contributed by atoms with Gasteiger partial charge in [0.2, 0.25) is 5.88 Å². The predicted molar refractivity (Wildman–Crippen MR) is 98.9 cm³/mol. The van der Waals surface area contributed by atoms with Crippen molar-refractivity contribution in [2.45, 2.75) is 25.1 Å². The number of nitrogens with zero attached hydrogens (tertiary/aromatic N) is 1. The topological polar surface area (TPSA) is 31.4 Å². The van der Waals surface area contributed by atoms with Crippen LogP contribution in [0.25, 0.3) is 0 Å². The van der Waals surface area contributed by atoms with Crippen LogP contribution in [0.5, 0.6) is 17.4 Å². The smallest absolute Gasteiger partial charge is 0.416 e. The summed E-state index contributed by atoms with van der Waals surface area (Å²) in [5.74, 6) is 1.54. The minimum atomic E-state index is -4.41. The van der Waals surface area contributed by atoms with Gasteiger partial charge in [0.1, 0.15) is 17.6 Å². The Morgan fingerprint density at radius 1 is 1.07 bits per heavy atom. The number of pyridine rings is 1. The lowest BCUT2D eigenvalue weighted by atomic mass is 9.94. The zero-order chi connectivity index (χ0) is 19.7. The van der Waals surface area contributed by atoms with Crippen molar-refractivity contribution in [1.82, 2.24) is 4.98 Å². The van der Waals surface area contributed by atoms with Gasteiger partial charge < -0.3 is 9.47 Å². The van der Waals surface area contributed by atoms with Crippen molar-refractivity contribution in [1.29, 1.82) is 0 Å². The number of rotatable bonds is 3.